The van der Waals surface area contributed by atoms with Crippen LogP contribution in [0.15, 0.2) is 0 Å². The Kier molecular flexibility index (Phi) is 1.60. The summed E-state index contributed by atoms with van der Waals surface area (Å²) in [5, 5.41) is 0. The Morgan fingerprint density at radius 2 is 2.22 bits per heavy atom. The predicted molar refractivity (Wildman–Crippen MR) is 33.1 cm³/mol. The Bertz CT molecular complexity index is 118. The van der Waals surface area contributed by atoms with Crippen molar-refractivity contribution in [2.75, 3.05) is 20.2 Å². The highest BCUT2D eigenvalue weighted by Gasteiger charge is 2.27. The summed E-state index contributed by atoms with van der Waals surface area (Å²) >= 11 is 0. The number of hydrogen-bond donors (Lipinski definition) is 0. The summed E-state index contributed by atoms with van der Waals surface area (Å²) in [5.74, 6) is 0.657. The molecule has 0 aromatic heterocycles. The Balaban J connectivity index is 2.23. The van der Waals surface area contributed by atoms with Gasteiger partial charge in [0.05, 0.1) is 7.11 Å². The van der Waals surface area contributed by atoms with Gasteiger partial charge in [-0.25, -0.2) is 4.79 Å². The smallest absolute Gasteiger partial charge is 0.409 e. The van der Waals surface area contributed by atoms with Gasteiger partial charge in [0.25, 0.3) is 0 Å². The standard InChI is InChI=1S/C6H11NO2/c1-5-3-7(4-5)6(8)9-2/h5H,3-4H2,1-2H3. The summed E-state index contributed by atoms with van der Waals surface area (Å²) in [6.45, 7) is 3.82. The SMILES string of the molecule is COC(=O)N1CC(C)C1. The maximum absolute atomic E-state index is 10.6. The van der Waals surface area contributed by atoms with Crippen molar-refractivity contribution in [3.05, 3.63) is 0 Å². The Labute approximate surface area is 54.6 Å². The third kappa shape index (κ3) is 1.15. The maximum atomic E-state index is 10.6. The number of ether oxygens (including phenoxy) is 1. The lowest BCUT2D eigenvalue weighted by atomic mass is 10.0. The first-order valence-corrected chi connectivity index (χ1v) is 3.07. The van der Waals surface area contributed by atoms with E-state index in [0.29, 0.717) is 5.92 Å². The van der Waals surface area contributed by atoms with E-state index in [-0.39, 0.29) is 6.09 Å². The minimum atomic E-state index is -0.201. The summed E-state index contributed by atoms with van der Waals surface area (Å²) in [5.41, 5.74) is 0. The summed E-state index contributed by atoms with van der Waals surface area (Å²) in [7, 11) is 1.41. The van der Waals surface area contributed by atoms with Crippen molar-refractivity contribution in [3.63, 3.8) is 0 Å². The van der Waals surface area contributed by atoms with E-state index in [1.807, 2.05) is 0 Å². The van der Waals surface area contributed by atoms with Crippen molar-refractivity contribution in [3.8, 4) is 0 Å². The molecule has 0 atom stereocenters. The summed E-state index contributed by atoms with van der Waals surface area (Å²) in [4.78, 5) is 12.3. The van der Waals surface area contributed by atoms with Crippen LogP contribution in [0.3, 0.4) is 0 Å². The van der Waals surface area contributed by atoms with Crippen molar-refractivity contribution < 1.29 is 9.53 Å². The fourth-order valence-electron chi connectivity index (χ4n) is 0.977. The molecule has 0 radical (unpaired) electrons. The average Bonchev–Trinajstić information content (AvgIpc) is 1.79. The second-order valence-electron chi connectivity index (χ2n) is 2.48. The molecule has 3 nitrogen and oxygen atoms in total. The van der Waals surface area contributed by atoms with E-state index in [0.717, 1.165) is 13.1 Å². The molecule has 9 heavy (non-hydrogen) atoms. The van der Waals surface area contributed by atoms with Crippen LogP contribution >= 0.6 is 0 Å². The molecule has 1 saturated heterocycles. The molecule has 0 aromatic rings. The number of nitrogens with zero attached hydrogens (tertiary/aromatic N) is 1. The molecule has 0 N–H and O–H groups in total. The molecular formula is C6H11NO2. The van der Waals surface area contributed by atoms with Crippen LogP contribution in [0.1, 0.15) is 6.92 Å². The highest BCUT2D eigenvalue weighted by molar-refractivity contribution is 5.68. The number of hydrogen-bond acceptors (Lipinski definition) is 2. The van der Waals surface area contributed by atoms with Gasteiger partial charge in [-0.05, 0) is 5.92 Å². The van der Waals surface area contributed by atoms with Crippen LogP contribution in [0.5, 0.6) is 0 Å². The molecular weight excluding hydrogens is 118 g/mol. The van der Waals surface area contributed by atoms with Gasteiger partial charge >= 0.3 is 6.09 Å². The molecule has 1 rings (SSSR count). The van der Waals surface area contributed by atoms with E-state index in [1.54, 1.807) is 4.90 Å². The van der Waals surface area contributed by atoms with E-state index >= 15 is 0 Å². The number of carbonyl (C=O) groups is 1. The zero-order valence-corrected chi connectivity index (χ0v) is 5.76. The van der Waals surface area contributed by atoms with Gasteiger partial charge in [0.1, 0.15) is 0 Å². The van der Waals surface area contributed by atoms with E-state index in [4.69, 9.17) is 0 Å². The Morgan fingerprint density at radius 1 is 1.67 bits per heavy atom. The lowest BCUT2D eigenvalue weighted by Gasteiger charge is -2.35. The van der Waals surface area contributed by atoms with Crippen molar-refractivity contribution in [2.24, 2.45) is 5.92 Å². The fourth-order valence-corrected chi connectivity index (χ4v) is 0.977. The molecule has 0 aliphatic carbocycles. The fraction of sp³-hybridized carbons (Fsp3) is 0.833. The van der Waals surface area contributed by atoms with Gasteiger partial charge in [0.15, 0.2) is 0 Å². The summed E-state index contributed by atoms with van der Waals surface area (Å²) in [6.07, 6.45) is -0.201. The number of rotatable bonds is 0. The van der Waals surface area contributed by atoms with Gasteiger partial charge in [-0.3, -0.25) is 0 Å². The molecule has 1 heterocycles. The van der Waals surface area contributed by atoms with E-state index in [9.17, 15) is 4.79 Å². The first kappa shape index (κ1) is 6.39. The molecule has 3 heteroatoms. The molecule has 1 aliphatic heterocycles. The lowest BCUT2D eigenvalue weighted by Crippen LogP contribution is -2.48. The molecule has 52 valence electrons. The van der Waals surface area contributed by atoms with Crippen molar-refractivity contribution in [2.45, 2.75) is 6.92 Å². The van der Waals surface area contributed by atoms with Crippen LogP contribution < -0.4 is 0 Å². The van der Waals surface area contributed by atoms with Crippen LogP contribution in [0.4, 0.5) is 4.79 Å². The molecule has 1 aliphatic rings. The first-order chi connectivity index (χ1) is 4.24. The zero-order valence-electron chi connectivity index (χ0n) is 5.76. The highest BCUT2D eigenvalue weighted by Crippen LogP contribution is 2.14. The minimum absolute atomic E-state index is 0.201. The largest absolute Gasteiger partial charge is 0.453 e. The normalized spacial score (nSPS) is 19.1. The highest BCUT2D eigenvalue weighted by atomic mass is 16.5. The lowest BCUT2D eigenvalue weighted by molar-refractivity contribution is 0.0734. The number of methoxy groups -OCH3 is 1. The van der Waals surface area contributed by atoms with Gasteiger partial charge < -0.3 is 9.64 Å². The van der Waals surface area contributed by atoms with Crippen molar-refractivity contribution in [1.29, 1.82) is 0 Å². The first-order valence-electron chi connectivity index (χ1n) is 3.07. The van der Waals surface area contributed by atoms with Crippen LogP contribution in [0, 0.1) is 5.92 Å². The topological polar surface area (TPSA) is 29.5 Å². The molecule has 0 spiro atoms. The van der Waals surface area contributed by atoms with E-state index in [2.05, 4.69) is 11.7 Å². The monoisotopic (exact) mass is 129 g/mol. The van der Waals surface area contributed by atoms with Crippen molar-refractivity contribution >= 4 is 6.09 Å². The summed E-state index contributed by atoms with van der Waals surface area (Å²) < 4.78 is 4.49. The van der Waals surface area contributed by atoms with Gasteiger partial charge in [-0.2, -0.15) is 0 Å². The van der Waals surface area contributed by atoms with Gasteiger partial charge in [-0.1, -0.05) is 6.92 Å². The Morgan fingerprint density at radius 3 is 2.56 bits per heavy atom. The van der Waals surface area contributed by atoms with Crippen LogP contribution in [0.2, 0.25) is 0 Å². The minimum Gasteiger partial charge on any atom is -0.453 e. The number of likely N-dealkylation sites (tertiary alicyclic amines) is 1. The summed E-state index contributed by atoms with van der Waals surface area (Å²) in [6, 6.07) is 0. The maximum Gasteiger partial charge on any atom is 0.409 e. The number of amides is 1. The molecule has 1 amide bonds. The van der Waals surface area contributed by atoms with E-state index < -0.39 is 0 Å². The quantitative estimate of drug-likeness (QED) is 0.482. The van der Waals surface area contributed by atoms with Gasteiger partial charge in [0, 0.05) is 13.1 Å². The predicted octanol–water partition coefficient (Wildman–Crippen LogP) is 0.705. The third-order valence-corrected chi connectivity index (χ3v) is 1.50. The van der Waals surface area contributed by atoms with Crippen LogP contribution in [-0.2, 0) is 4.74 Å². The zero-order chi connectivity index (χ0) is 6.85. The molecule has 0 unspecified atom stereocenters. The van der Waals surface area contributed by atoms with Crippen LogP contribution in [0.25, 0.3) is 0 Å². The van der Waals surface area contributed by atoms with Gasteiger partial charge in [-0.15, -0.1) is 0 Å². The molecule has 0 saturated carbocycles. The average molecular weight is 129 g/mol. The van der Waals surface area contributed by atoms with E-state index in [1.165, 1.54) is 7.11 Å². The second kappa shape index (κ2) is 2.25. The van der Waals surface area contributed by atoms with Crippen LogP contribution in [-0.4, -0.2) is 31.2 Å². The second-order valence-corrected chi connectivity index (χ2v) is 2.48. The molecule has 0 bridgehead atoms. The molecule has 0 aromatic carbocycles. The van der Waals surface area contributed by atoms with Gasteiger partial charge in [0.2, 0.25) is 0 Å². The Hall–Kier alpha value is -0.730. The molecule has 1 fully saturated rings. The number of carbonyl (C=O) groups excluding carboxylic acids is 1. The van der Waals surface area contributed by atoms with Crippen molar-refractivity contribution in [1.82, 2.24) is 4.90 Å². The third-order valence-electron chi connectivity index (χ3n) is 1.50.